The first kappa shape index (κ1) is 22.4. The molecule has 0 N–H and O–H groups in total. The maximum atomic E-state index is 13.3. The average Bonchev–Trinajstić information content (AvgIpc) is 2.58. The first-order valence-electron chi connectivity index (χ1n) is 10.1. The van der Waals surface area contributed by atoms with E-state index >= 15 is 0 Å². The molecule has 0 heterocycles. The van der Waals surface area contributed by atoms with Gasteiger partial charge in [-0.2, -0.15) is 0 Å². The van der Waals surface area contributed by atoms with Crippen molar-refractivity contribution in [1.82, 2.24) is 0 Å². The second kappa shape index (κ2) is 8.24. The van der Waals surface area contributed by atoms with Gasteiger partial charge >= 0.3 is 0 Å². The van der Waals surface area contributed by atoms with Gasteiger partial charge in [0.25, 0.3) is 0 Å². The molecule has 0 spiro atoms. The van der Waals surface area contributed by atoms with E-state index in [1.807, 2.05) is 42.5 Å². The smallest absolute Gasteiger partial charge is 0.250 e. The molecule has 0 aromatic heterocycles. The van der Waals surface area contributed by atoms with Crippen LogP contribution in [0, 0.1) is 11.3 Å². The summed E-state index contributed by atoms with van der Waals surface area (Å²) in [4.78, 5) is 13.3. The van der Waals surface area contributed by atoms with E-state index in [4.69, 9.17) is 4.43 Å². The Hall–Kier alpha value is -1.87. The third kappa shape index (κ3) is 5.57. The summed E-state index contributed by atoms with van der Waals surface area (Å²) in [5.41, 5.74) is 1.70. The van der Waals surface area contributed by atoms with Crippen molar-refractivity contribution >= 4 is 14.1 Å². The summed E-state index contributed by atoms with van der Waals surface area (Å²) in [6.07, 6.45) is 0.672. The molecule has 0 aliphatic rings. The maximum Gasteiger partial charge on any atom is 0.250 e. The quantitative estimate of drug-likeness (QED) is 0.384. The zero-order chi connectivity index (χ0) is 21.2. The Labute approximate surface area is 172 Å². The van der Waals surface area contributed by atoms with Crippen molar-refractivity contribution in [2.45, 2.75) is 66.1 Å². The molecule has 2 aromatic carbocycles. The van der Waals surface area contributed by atoms with Crippen LogP contribution in [0.1, 0.15) is 57.5 Å². The van der Waals surface area contributed by atoms with Crippen LogP contribution in [0.3, 0.4) is 0 Å². The molecule has 0 amide bonds. The molecular formula is C25H35O2Si. The lowest BCUT2D eigenvalue weighted by molar-refractivity contribution is 0.0968. The minimum Gasteiger partial charge on any atom is -0.544 e. The number of ketones is 1. The van der Waals surface area contributed by atoms with Crippen molar-refractivity contribution in [2.24, 2.45) is 5.41 Å². The van der Waals surface area contributed by atoms with Crippen molar-refractivity contribution in [3.63, 3.8) is 0 Å². The van der Waals surface area contributed by atoms with Crippen LogP contribution in [0.2, 0.25) is 18.1 Å². The summed E-state index contributed by atoms with van der Waals surface area (Å²) in [7, 11) is -1.88. The Morgan fingerprint density at radius 1 is 0.857 bits per heavy atom. The number of carbonyl (C=O) groups is 1. The van der Waals surface area contributed by atoms with E-state index in [0.717, 1.165) is 17.2 Å². The van der Waals surface area contributed by atoms with Crippen LogP contribution >= 0.6 is 0 Å². The predicted molar refractivity (Wildman–Crippen MR) is 121 cm³/mol. The Bertz CT molecular complexity index is 778. The van der Waals surface area contributed by atoms with Gasteiger partial charge in [0, 0.05) is 5.56 Å². The highest BCUT2D eigenvalue weighted by Crippen LogP contribution is 2.38. The van der Waals surface area contributed by atoms with Crippen molar-refractivity contribution in [3.8, 4) is 5.75 Å². The van der Waals surface area contributed by atoms with Gasteiger partial charge < -0.3 is 4.43 Å². The van der Waals surface area contributed by atoms with Crippen LogP contribution in [-0.2, 0) is 6.42 Å². The molecule has 0 atom stereocenters. The molecule has 0 aliphatic heterocycles. The first-order chi connectivity index (χ1) is 12.8. The predicted octanol–water partition coefficient (Wildman–Crippen LogP) is 7.12. The van der Waals surface area contributed by atoms with E-state index in [1.54, 1.807) is 0 Å². The largest absolute Gasteiger partial charge is 0.544 e. The molecule has 2 rings (SSSR count). The molecule has 0 saturated heterocycles. The number of carbonyl (C=O) groups excluding carboxylic acids is 1. The van der Waals surface area contributed by atoms with Crippen LogP contribution in [0.4, 0.5) is 0 Å². The van der Waals surface area contributed by atoms with Gasteiger partial charge in [0.1, 0.15) is 5.75 Å². The van der Waals surface area contributed by atoms with Gasteiger partial charge in [-0.3, -0.25) is 4.79 Å². The zero-order valence-corrected chi connectivity index (χ0v) is 19.7. The van der Waals surface area contributed by atoms with E-state index in [9.17, 15) is 4.79 Å². The fourth-order valence-electron chi connectivity index (χ4n) is 2.78. The van der Waals surface area contributed by atoms with Gasteiger partial charge in [-0.05, 0) is 59.8 Å². The lowest BCUT2D eigenvalue weighted by atomic mass is 9.73. The molecule has 3 heteroatoms. The number of hydrogen-bond donors (Lipinski definition) is 0. The molecule has 1 radical (unpaired) electrons. The van der Waals surface area contributed by atoms with Gasteiger partial charge in [-0.15, -0.1) is 0 Å². The summed E-state index contributed by atoms with van der Waals surface area (Å²) in [5.74, 6) is 1.90. The fourth-order valence-corrected chi connectivity index (χ4v) is 3.81. The molecule has 2 aromatic rings. The Balaban J connectivity index is 2.21. The van der Waals surface area contributed by atoms with Crippen molar-refractivity contribution in [3.05, 3.63) is 71.6 Å². The van der Waals surface area contributed by atoms with Crippen molar-refractivity contribution in [2.75, 3.05) is 0 Å². The summed E-state index contributed by atoms with van der Waals surface area (Å²) in [5, 5.41) is 0.143. The lowest BCUT2D eigenvalue weighted by Gasteiger charge is -2.36. The first-order valence-corrected chi connectivity index (χ1v) is 13.0. The highest BCUT2D eigenvalue weighted by Gasteiger charge is 2.39. The van der Waals surface area contributed by atoms with Crippen LogP contribution in [0.15, 0.2) is 54.6 Å². The Morgan fingerprint density at radius 3 is 1.86 bits per heavy atom. The summed E-state index contributed by atoms with van der Waals surface area (Å²) in [6.45, 7) is 17.5. The second-order valence-electron chi connectivity index (χ2n) is 10.1. The minimum absolute atomic E-state index is 0.121. The zero-order valence-electron chi connectivity index (χ0n) is 18.7. The average molecular weight is 396 g/mol. The number of hydrogen-bond acceptors (Lipinski definition) is 2. The summed E-state index contributed by atoms with van der Waals surface area (Å²) >= 11 is 0. The highest BCUT2D eigenvalue weighted by molar-refractivity contribution is 6.74. The highest BCUT2D eigenvalue weighted by atomic mass is 28.4. The third-order valence-electron chi connectivity index (χ3n) is 5.70. The number of rotatable bonds is 6. The third-order valence-corrected chi connectivity index (χ3v) is 10.1. The molecule has 0 aliphatic carbocycles. The standard InChI is InChI=1S/C25H35O2Si/c1-24(2,3)22(18-19-12-10-9-11-13-19)23(26)20-14-16-21(17-15-20)27-28(7,8)25(4,5)6/h9-17H,18H2,1-8H3. The Kier molecular flexibility index (Phi) is 6.60. The summed E-state index contributed by atoms with van der Waals surface area (Å²) in [6, 6.07) is 17.9. The molecule has 0 fully saturated rings. The van der Waals surface area contributed by atoms with Gasteiger partial charge in [0.2, 0.25) is 8.32 Å². The molecule has 151 valence electrons. The van der Waals surface area contributed by atoms with E-state index in [-0.39, 0.29) is 16.2 Å². The van der Waals surface area contributed by atoms with Crippen LogP contribution in [-0.4, -0.2) is 14.1 Å². The fraction of sp³-hybridized carbons (Fsp3) is 0.440. The topological polar surface area (TPSA) is 26.3 Å². The molecule has 0 unspecified atom stereocenters. The van der Waals surface area contributed by atoms with Gasteiger partial charge in [0.05, 0.1) is 5.92 Å². The van der Waals surface area contributed by atoms with Gasteiger partial charge in [0.15, 0.2) is 5.78 Å². The van der Waals surface area contributed by atoms with Gasteiger partial charge in [-0.1, -0.05) is 71.9 Å². The van der Waals surface area contributed by atoms with E-state index in [2.05, 4.69) is 66.8 Å². The monoisotopic (exact) mass is 395 g/mol. The molecule has 0 saturated carbocycles. The maximum absolute atomic E-state index is 13.3. The number of benzene rings is 2. The molecular weight excluding hydrogens is 360 g/mol. The Morgan fingerprint density at radius 2 is 1.39 bits per heavy atom. The van der Waals surface area contributed by atoms with Crippen molar-refractivity contribution < 1.29 is 9.22 Å². The summed E-state index contributed by atoms with van der Waals surface area (Å²) < 4.78 is 6.35. The normalized spacial score (nSPS) is 12.9. The van der Waals surface area contributed by atoms with E-state index < -0.39 is 8.32 Å². The van der Waals surface area contributed by atoms with Crippen molar-refractivity contribution in [1.29, 1.82) is 0 Å². The molecule has 28 heavy (non-hydrogen) atoms. The lowest BCUT2D eigenvalue weighted by Crippen LogP contribution is -2.43. The molecule has 0 bridgehead atoms. The van der Waals surface area contributed by atoms with Crippen LogP contribution in [0.5, 0.6) is 5.75 Å². The van der Waals surface area contributed by atoms with Crippen LogP contribution in [0.25, 0.3) is 0 Å². The van der Waals surface area contributed by atoms with E-state index in [1.165, 1.54) is 5.56 Å². The number of Topliss-reactive ketones (excluding diaryl/α,β-unsaturated/α-hetero) is 1. The SMILES string of the molecule is CC(C)(C)[C](Cc1ccccc1)C(=O)c1ccc(O[Si](C)(C)C(C)(C)C)cc1. The molecule has 2 nitrogen and oxygen atoms in total. The second-order valence-corrected chi connectivity index (χ2v) is 14.8. The van der Waals surface area contributed by atoms with E-state index in [0.29, 0.717) is 6.42 Å². The van der Waals surface area contributed by atoms with Crippen LogP contribution < -0.4 is 4.43 Å². The van der Waals surface area contributed by atoms with Gasteiger partial charge in [-0.25, -0.2) is 0 Å². The minimum atomic E-state index is -1.88.